The van der Waals surface area contributed by atoms with Crippen molar-refractivity contribution in [2.75, 3.05) is 0 Å². The fourth-order valence-corrected chi connectivity index (χ4v) is 3.59. The minimum absolute atomic E-state index is 0.228. The number of hydrogen-bond acceptors (Lipinski definition) is 4. The maximum atomic E-state index is 12.3. The molecule has 4 nitrogen and oxygen atoms in total. The zero-order valence-electron chi connectivity index (χ0n) is 12.5. The van der Waals surface area contributed by atoms with Crippen molar-refractivity contribution in [3.8, 4) is 11.4 Å². The highest BCUT2D eigenvalue weighted by Crippen LogP contribution is 2.25. The van der Waals surface area contributed by atoms with Crippen molar-refractivity contribution >= 4 is 22.4 Å². The maximum Gasteiger partial charge on any atom is 0.239 e. The predicted octanol–water partition coefficient (Wildman–Crippen LogP) is 4.15. The molecule has 0 radical (unpaired) electrons. The van der Waals surface area contributed by atoms with E-state index < -0.39 is 10.8 Å². The molecule has 118 valence electrons. The van der Waals surface area contributed by atoms with Gasteiger partial charge in [0.2, 0.25) is 11.7 Å². The summed E-state index contributed by atoms with van der Waals surface area (Å²) in [4.78, 5) is 4.29. The van der Waals surface area contributed by atoms with Crippen LogP contribution in [0.25, 0.3) is 11.4 Å². The summed E-state index contributed by atoms with van der Waals surface area (Å²) in [5, 5.41) is 4.48. The Hall–Kier alpha value is -1.98. The Labute approximate surface area is 142 Å². The fraction of sp³-hybridized carbons (Fsp3) is 0.176. The topological polar surface area (TPSA) is 56.0 Å². The van der Waals surface area contributed by atoms with Crippen molar-refractivity contribution in [1.29, 1.82) is 0 Å². The third kappa shape index (κ3) is 3.86. The van der Waals surface area contributed by atoms with E-state index in [1.54, 1.807) is 6.07 Å². The molecule has 23 heavy (non-hydrogen) atoms. The van der Waals surface area contributed by atoms with Gasteiger partial charge in [-0.15, -0.1) is 0 Å². The zero-order valence-corrected chi connectivity index (χ0v) is 14.1. The van der Waals surface area contributed by atoms with Crippen molar-refractivity contribution in [2.45, 2.75) is 18.4 Å². The Morgan fingerprint density at radius 2 is 1.83 bits per heavy atom. The summed E-state index contributed by atoms with van der Waals surface area (Å²) in [5.41, 5.74) is 2.90. The van der Waals surface area contributed by atoms with Gasteiger partial charge in [0.15, 0.2) is 0 Å². The van der Waals surface area contributed by atoms with Crippen LogP contribution in [-0.2, 0) is 22.3 Å². The average molecular weight is 347 g/mol. The Kier molecular flexibility index (Phi) is 4.88. The van der Waals surface area contributed by atoms with Crippen molar-refractivity contribution in [1.82, 2.24) is 10.1 Å². The first-order valence-corrected chi connectivity index (χ1v) is 8.97. The lowest BCUT2D eigenvalue weighted by Gasteiger charge is -2.03. The van der Waals surface area contributed by atoms with Gasteiger partial charge in [-0.1, -0.05) is 53.2 Å². The van der Waals surface area contributed by atoms with E-state index in [4.69, 9.17) is 16.1 Å². The average Bonchev–Trinajstić information content (AvgIpc) is 2.98. The number of halogens is 1. The molecular weight excluding hydrogens is 332 g/mol. The fourth-order valence-electron chi connectivity index (χ4n) is 2.20. The molecule has 0 aliphatic carbocycles. The van der Waals surface area contributed by atoms with Crippen LogP contribution in [0.3, 0.4) is 0 Å². The Morgan fingerprint density at radius 1 is 1.09 bits per heavy atom. The smallest absolute Gasteiger partial charge is 0.239 e. The molecule has 3 rings (SSSR count). The van der Waals surface area contributed by atoms with Gasteiger partial charge in [0.25, 0.3) is 0 Å². The summed E-state index contributed by atoms with van der Waals surface area (Å²) in [5.74, 6) is 1.47. The molecule has 6 heteroatoms. The van der Waals surface area contributed by atoms with Gasteiger partial charge in [-0.3, -0.25) is 4.21 Å². The van der Waals surface area contributed by atoms with Gasteiger partial charge < -0.3 is 4.52 Å². The SMILES string of the molecule is Cc1ccccc1C[S@](=O)Cc1nc(-c2ccccc2Cl)no1. The number of benzene rings is 2. The summed E-state index contributed by atoms with van der Waals surface area (Å²) in [6.07, 6.45) is 0. The molecule has 0 spiro atoms. The van der Waals surface area contributed by atoms with Crippen LogP contribution in [0.4, 0.5) is 0 Å². The third-order valence-corrected chi connectivity index (χ3v) is 4.98. The van der Waals surface area contributed by atoms with Gasteiger partial charge in [-0.25, -0.2) is 0 Å². The minimum atomic E-state index is -1.11. The van der Waals surface area contributed by atoms with Crippen LogP contribution in [0.1, 0.15) is 17.0 Å². The van der Waals surface area contributed by atoms with E-state index in [0.29, 0.717) is 28.1 Å². The second-order valence-electron chi connectivity index (χ2n) is 5.15. The second-order valence-corrected chi connectivity index (χ2v) is 7.01. The number of aromatic nitrogens is 2. The molecule has 0 unspecified atom stereocenters. The molecule has 0 aliphatic heterocycles. The van der Waals surface area contributed by atoms with E-state index in [0.717, 1.165) is 11.1 Å². The first-order valence-electron chi connectivity index (χ1n) is 7.10. The van der Waals surface area contributed by atoms with Gasteiger partial charge in [-0.2, -0.15) is 4.98 Å². The van der Waals surface area contributed by atoms with Crippen LogP contribution in [0.2, 0.25) is 5.02 Å². The van der Waals surface area contributed by atoms with Crippen LogP contribution in [0.5, 0.6) is 0 Å². The van der Waals surface area contributed by atoms with E-state index in [-0.39, 0.29) is 5.75 Å². The van der Waals surface area contributed by atoms with Crippen LogP contribution in [0, 0.1) is 6.92 Å². The van der Waals surface area contributed by atoms with Gasteiger partial charge in [0, 0.05) is 22.1 Å². The Morgan fingerprint density at radius 3 is 2.61 bits per heavy atom. The molecule has 2 aromatic carbocycles. The third-order valence-electron chi connectivity index (χ3n) is 3.45. The Bertz CT molecular complexity index is 848. The van der Waals surface area contributed by atoms with Crippen molar-refractivity contribution < 1.29 is 8.73 Å². The summed E-state index contributed by atoms with van der Waals surface area (Å²) >= 11 is 6.12. The highest BCUT2D eigenvalue weighted by molar-refractivity contribution is 7.83. The number of rotatable bonds is 5. The van der Waals surface area contributed by atoms with E-state index in [2.05, 4.69) is 10.1 Å². The standard InChI is InChI=1S/C17H15ClN2O2S/c1-12-6-2-3-7-13(12)10-23(21)11-16-19-17(20-22-16)14-8-4-5-9-15(14)18/h2-9H,10-11H2,1H3/t23-/m0/s1. The molecular formula is C17H15ClN2O2S. The number of hydrogen-bond donors (Lipinski definition) is 0. The molecule has 0 aliphatic rings. The summed E-state index contributed by atoms with van der Waals surface area (Å²) in [6.45, 7) is 2.01. The van der Waals surface area contributed by atoms with Crippen LogP contribution < -0.4 is 0 Å². The highest BCUT2D eigenvalue weighted by Gasteiger charge is 2.14. The molecule has 0 fully saturated rings. The van der Waals surface area contributed by atoms with E-state index in [1.807, 2.05) is 49.4 Å². The molecule has 1 aromatic heterocycles. The molecule has 3 aromatic rings. The summed E-state index contributed by atoms with van der Waals surface area (Å²) < 4.78 is 17.5. The Balaban J connectivity index is 1.71. The molecule has 0 saturated carbocycles. The lowest BCUT2D eigenvalue weighted by atomic mass is 10.1. The number of aryl methyl sites for hydroxylation is 1. The number of nitrogens with zero attached hydrogens (tertiary/aromatic N) is 2. The predicted molar refractivity (Wildman–Crippen MR) is 91.5 cm³/mol. The van der Waals surface area contributed by atoms with E-state index in [1.165, 1.54) is 0 Å². The van der Waals surface area contributed by atoms with Crippen LogP contribution in [-0.4, -0.2) is 14.3 Å². The molecule has 0 amide bonds. The van der Waals surface area contributed by atoms with Crippen LogP contribution in [0.15, 0.2) is 53.1 Å². The lowest BCUT2D eigenvalue weighted by molar-refractivity contribution is 0.390. The zero-order chi connectivity index (χ0) is 16.2. The monoisotopic (exact) mass is 346 g/mol. The van der Waals surface area contributed by atoms with Gasteiger partial charge in [0.05, 0.1) is 5.02 Å². The first-order chi connectivity index (χ1) is 11.1. The van der Waals surface area contributed by atoms with Gasteiger partial charge >= 0.3 is 0 Å². The highest BCUT2D eigenvalue weighted by atomic mass is 35.5. The van der Waals surface area contributed by atoms with E-state index >= 15 is 0 Å². The van der Waals surface area contributed by atoms with E-state index in [9.17, 15) is 4.21 Å². The largest absolute Gasteiger partial charge is 0.338 e. The maximum absolute atomic E-state index is 12.3. The minimum Gasteiger partial charge on any atom is -0.338 e. The molecule has 0 bridgehead atoms. The quantitative estimate of drug-likeness (QED) is 0.696. The summed E-state index contributed by atoms with van der Waals surface area (Å²) in [7, 11) is -1.11. The molecule has 0 saturated heterocycles. The summed E-state index contributed by atoms with van der Waals surface area (Å²) in [6, 6.07) is 15.2. The van der Waals surface area contributed by atoms with Crippen molar-refractivity contribution in [3.63, 3.8) is 0 Å². The normalized spacial score (nSPS) is 12.3. The van der Waals surface area contributed by atoms with Crippen molar-refractivity contribution in [2.24, 2.45) is 0 Å². The van der Waals surface area contributed by atoms with Gasteiger partial charge in [-0.05, 0) is 30.2 Å². The molecule has 1 heterocycles. The second kappa shape index (κ2) is 7.06. The first kappa shape index (κ1) is 15.9. The lowest BCUT2D eigenvalue weighted by Crippen LogP contribution is -2.01. The van der Waals surface area contributed by atoms with Crippen LogP contribution >= 0.6 is 11.6 Å². The molecule has 1 atom stereocenters. The molecule has 0 N–H and O–H groups in total. The van der Waals surface area contributed by atoms with Crippen molar-refractivity contribution in [3.05, 3.63) is 70.6 Å². The van der Waals surface area contributed by atoms with Gasteiger partial charge in [0.1, 0.15) is 5.75 Å².